The van der Waals surface area contributed by atoms with Gasteiger partial charge in [0.15, 0.2) is 0 Å². The highest BCUT2D eigenvalue weighted by Gasteiger charge is 2.22. The van der Waals surface area contributed by atoms with Gasteiger partial charge < -0.3 is 15.5 Å². The van der Waals surface area contributed by atoms with Crippen molar-refractivity contribution in [3.63, 3.8) is 0 Å². The summed E-state index contributed by atoms with van der Waals surface area (Å²) < 4.78 is 0. The number of nitrogens with one attached hydrogen (secondary N) is 2. The molecule has 0 unspecified atom stereocenters. The maximum Gasteiger partial charge on any atom is 0.251 e. The maximum atomic E-state index is 12.7. The molecule has 1 amide bonds. The number of benzene rings is 2. The van der Waals surface area contributed by atoms with Crippen LogP contribution in [-0.4, -0.2) is 36.8 Å². The number of carbonyl (C=O) groups excluding carboxylic acids is 1. The van der Waals surface area contributed by atoms with Gasteiger partial charge in [0.1, 0.15) is 5.82 Å². The van der Waals surface area contributed by atoms with Crippen molar-refractivity contribution in [3.05, 3.63) is 89.6 Å². The number of pyridine rings is 1. The maximum absolute atomic E-state index is 12.7. The first-order valence-electron chi connectivity index (χ1n) is 10.1. The zero-order valence-corrected chi connectivity index (χ0v) is 17.9. The minimum atomic E-state index is -0.0812. The largest absolute Gasteiger partial charge is 0.353 e. The SMILES string of the molecule is CSc1ccc(CNC(=O)c2ccnc(N3CCN[C@H](c4ccccc4)C3)c2)cc1. The van der Waals surface area contributed by atoms with Crippen LogP contribution in [0.4, 0.5) is 5.82 Å². The Balaban J connectivity index is 1.40. The molecule has 1 atom stereocenters. The van der Waals surface area contributed by atoms with Crippen LogP contribution in [0.5, 0.6) is 0 Å². The molecule has 1 aromatic heterocycles. The third-order valence-electron chi connectivity index (χ3n) is 5.32. The summed E-state index contributed by atoms with van der Waals surface area (Å²) in [4.78, 5) is 20.7. The molecule has 1 aliphatic heterocycles. The third kappa shape index (κ3) is 5.01. The van der Waals surface area contributed by atoms with Gasteiger partial charge in [0.25, 0.3) is 5.91 Å². The average molecular weight is 419 g/mol. The van der Waals surface area contributed by atoms with E-state index in [0.717, 1.165) is 31.0 Å². The monoisotopic (exact) mass is 418 g/mol. The molecule has 1 fully saturated rings. The van der Waals surface area contributed by atoms with Crippen LogP contribution in [0.25, 0.3) is 0 Å². The highest BCUT2D eigenvalue weighted by molar-refractivity contribution is 7.98. The average Bonchev–Trinajstić information content (AvgIpc) is 2.83. The summed E-state index contributed by atoms with van der Waals surface area (Å²) in [5.41, 5.74) is 2.99. The topological polar surface area (TPSA) is 57.3 Å². The summed E-state index contributed by atoms with van der Waals surface area (Å²) in [5, 5.41) is 6.58. The number of amides is 1. The Morgan fingerprint density at radius 2 is 1.97 bits per heavy atom. The Labute approximate surface area is 181 Å². The van der Waals surface area contributed by atoms with E-state index in [1.165, 1.54) is 10.5 Å². The molecule has 5 nitrogen and oxygen atoms in total. The van der Waals surface area contributed by atoms with Crippen LogP contribution in [0.2, 0.25) is 0 Å². The van der Waals surface area contributed by atoms with Gasteiger partial charge in [-0.25, -0.2) is 4.98 Å². The van der Waals surface area contributed by atoms with Crippen LogP contribution in [0.3, 0.4) is 0 Å². The first-order valence-corrected chi connectivity index (χ1v) is 11.4. The second kappa shape index (κ2) is 9.78. The number of anilines is 1. The summed E-state index contributed by atoms with van der Waals surface area (Å²) >= 11 is 1.71. The minimum absolute atomic E-state index is 0.0812. The Bertz CT molecular complexity index is 978. The number of aromatic nitrogens is 1. The van der Waals surface area contributed by atoms with E-state index in [1.807, 2.05) is 12.1 Å². The number of thioether (sulfide) groups is 1. The van der Waals surface area contributed by atoms with Crippen molar-refractivity contribution >= 4 is 23.5 Å². The van der Waals surface area contributed by atoms with Gasteiger partial charge in [0, 0.05) is 48.9 Å². The molecule has 2 heterocycles. The Hall–Kier alpha value is -2.83. The molecule has 30 heavy (non-hydrogen) atoms. The third-order valence-corrected chi connectivity index (χ3v) is 6.06. The van der Waals surface area contributed by atoms with Crippen molar-refractivity contribution in [1.82, 2.24) is 15.6 Å². The molecule has 4 rings (SSSR count). The van der Waals surface area contributed by atoms with Gasteiger partial charge in [-0.05, 0) is 41.6 Å². The molecule has 2 aromatic carbocycles. The number of rotatable bonds is 6. The van der Waals surface area contributed by atoms with Crippen molar-refractivity contribution < 1.29 is 4.79 Å². The standard InChI is InChI=1S/C24H26N4OS/c1-30-21-9-7-18(8-10-21)16-27-24(29)20-11-12-26-23(15-20)28-14-13-25-22(17-28)19-5-3-2-4-6-19/h2-12,15,22,25H,13-14,16-17H2,1H3,(H,27,29)/t22-/m0/s1. The normalized spacial score (nSPS) is 16.3. The molecule has 3 aromatic rings. The second-order valence-corrected chi connectivity index (χ2v) is 8.18. The number of hydrogen-bond acceptors (Lipinski definition) is 5. The Morgan fingerprint density at radius 3 is 2.73 bits per heavy atom. The quantitative estimate of drug-likeness (QED) is 0.595. The van der Waals surface area contributed by atoms with Crippen LogP contribution >= 0.6 is 11.8 Å². The van der Waals surface area contributed by atoms with E-state index in [9.17, 15) is 4.79 Å². The zero-order valence-electron chi connectivity index (χ0n) is 17.0. The summed E-state index contributed by atoms with van der Waals surface area (Å²) in [6, 6.07) is 22.6. The van der Waals surface area contributed by atoms with Crippen molar-refractivity contribution in [2.75, 3.05) is 30.8 Å². The highest BCUT2D eigenvalue weighted by Crippen LogP contribution is 2.22. The van der Waals surface area contributed by atoms with Gasteiger partial charge >= 0.3 is 0 Å². The van der Waals surface area contributed by atoms with E-state index in [4.69, 9.17) is 0 Å². The molecule has 6 heteroatoms. The summed E-state index contributed by atoms with van der Waals surface area (Å²) in [7, 11) is 0. The summed E-state index contributed by atoms with van der Waals surface area (Å²) in [6.45, 7) is 3.08. The van der Waals surface area contributed by atoms with Crippen LogP contribution in [0.1, 0.15) is 27.5 Å². The molecular formula is C24H26N4OS. The van der Waals surface area contributed by atoms with E-state index < -0.39 is 0 Å². The zero-order chi connectivity index (χ0) is 20.8. The number of hydrogen-bond donors (Lipinski definition) is 2. The van der Waals surface area contributed by atoms with Crippen LogP contribution in [0, 0.1) is 0 Å². The van der Waals surface area contributed by atoms with E-state index in [2.05, 4.69) is 75.3 Å². The van der Waals surface area contributed by atoms with E-state index >= 15 is 0 Å². The van der Waals surface area contributed by atoms with E-state index in [1.54, 1.807) is 24.0 Å². The lowest BCUT2D eigenvalue weighted by molar-refractivity contribution is 0.0951. The van der Waals surface area contributed by atoms with Gasteiger partial charge in [-0.1, -0.05) is 42.5 Å². The van der Waals surface area contributed by atoms with Crippen LogP contribution in [0.15, 0.2) is 77.8 Å². The van der Waals surface area contributed by atoms with Crippen molar-refractivity contribution in [2.45, 2.75) is 17.5 Å². The van der Waals surface area contributed by atoms with Crippen LogP contribution < -0.4 is 15.5 Å². The molecule has 154 valence electrons. The van der Waals surface area contributed by atoms with Crippen LogP contribution in [-0.2, 0) is 6.54 Å². The van der Waals surface area contributed by atoms with Gasteiger partial charge in [-0.15, -0.1) is 11.8 Å². The minimum Gasteiger partial charge on any atom is -0.353 e. The van der Waals surface area contributed by atoms with Crippen molar-refractivity contribution in [2.24, 2.45) is 0 Å². The summed E-state index contributed by atoms with van der Waals surface area (Å²) in [6.07, 6.45) is 3.77. The van der Waals surface area contributed by atoms with E-state index in [-0.39, 0.29) is 11.9 Å². The molecule has 2 N–H and O–H groups in total. The van der Waals surface area contributed by atoms with Gasteiger partial charge in [0.2, 0.25) is 0 Å². The smallest absolute Gasteiger partial charge is 0.251 e. The lowest BCUT2D eigenvalue weighted by atomic mass is 10.0. The molecule has 0 radical (unpaired) electrons. The number of piperazine rings is 1. The second-order valence-electron chi connectivity index (χ2n) is 7.30. The molecule has 0 saturated carbocycles. The molecule has 0 bridgehead atoms. The number of nitrogens with zero attached hydrogens (tertiary/aromatic N) is 2. The lowest BCUT2D eigenvalue weighted by Crippen LogP contribution is -2.46. The molecule has 1 aliphatic rings. The molecular weight excluding hydrogens is 392 g/mol. The predicted octanol–water partition coefficient (Wildman–Crippen LogP) is 3.88. The first kappa shape index (κ1) is 20.4. The van der Waals surface area contributed by atoms with Crippen molar-refractivity contribution in [1.29, 1.82) is 0 Å². The molecule has 1 saturated heterocycles. The lowest BCUT2D eigenvalue weighted by Gasteiger charge is -2.34. The Kier molecular flexibility index (Phi) is 6.67. The van der Waals surface area contributed by atoms with Gasteiger partial charge in [0.05, 0.1) is 0 Å². The molecule has 0 spiro atoms. The fourth-order valence-electron chi connectivity index (χ4n) is 3.63. The highest BCUT2D eigenvalue weighted by atomic mass is 32.2. The Morgan fingerprint density at radius 1 is 1.17 bits per heavy atom. The van der Waals surface area contributed by atoms with Gasteiger partial charge in [-0.3, -0.25) is 4.79 Å². The number of carbonyl (C=O) groups is 1. The van der Waals surface area contributed by atoms with Gasteiger partial charge in [-0.2, -0.15) is 0 Å². The van der Waals surface area contributed by atoms with E-state index in [0.29, 0.717) is 12.1 Å². The first-order chi connectivity index (χ1) is 14.7. The summed E-state index contributed by atoms with van der Waals surface area (Å²) in [5.74, 6) is 0.761. The predicted molar refractivity (Wildman–Crippen MR) is 123 cm³/mol. The molecule has 0 aliphatic carbocycles. The fourth-order valence-corrected chi connectivity index (χ4v) is 4.04. The van der Waals surface area contributed by atoms with Crippen molar-refractivity contribution in [3.8, 4) is 0 Å². The fraction of sp³-hybridized carbons (Fsp3) is 0.250.